The summed E-state index contributed by atoms with van der Waals surface area (Å²) < 4.78 is 0. The summed E-state index contributed by atoms with van der Waals surface area (Å²) in [6, 6.07) is 0.203. The van der Waals surface area contributed by atoms with Gasteiger partial charge in [0.2, 0.25) is 0 Å². The van der Waals surface area contributed by atoms with Crippen LogP contribution in [-0.2, 0) is 4.79 Å². The van der Waals surface area contributed by atoms with Crippen LogP contribution in [0.4, 0.5) is 0 Å². The number of hydrogen-bond donors (Lipinski definition) is 2. The summed E-state index contributed by atoms with van der Waals surface area (Å²) in [7, 11) is 0. The van der Waals surface area contributed by atoms with Crippen molar-refractivity contribution in [1.82, 2.24) is 0 Å². The molecule has 11 heavy (non-hydrogen) atoms. The number of hydrogen-bond acceptors (Lipinski definition) is 2. The average Bonchev–Trinajstić information content (AvgIpc) is 1.79. The van der Waals surface area contributed by atoms with E-state index in [-0.39, 0.29) is 24.9 Å². The summed E-state index contributed by atoms with van der Waals surface area (Å²) >= 11 is 0. The summed E-state index contributed by atoms with van der Waals surface area (Å²) in [6.45, 7) is 1.93. The van der Waals surface area contributed by atoms with E-state index < -0.39 is 5.97 Å². The Kier molecular flexibility index (Phi) is 9.47. The van der Waals surface area contributed by atoms with Crippen LogP contribution in [0.1, 0.15) is 32.6 Å². The highest BCUT2D eigenvalue weighted by Crippen LogP contribution is 2.01. The molecule has 0 radical (unpaired) electrons. The van der Waals surface area contributed by atoms with Crippen molar-refractivity contribution < 1.29 is 9.90 Å². The first kappa shape index (κ1) is 13.3. The van der Waals surface area contributed by atoms with E-state index in [4.69, 9.17) is 10.8 Å². The minimum atomic E-state index is -0.718. The number of unbranched alkanes of at least 4 members (excludes halogenated alkanes) is 1. The molecule has 0 aliphatic carbocycles. The van der Waals surface area contributed by atoms with Crippen molar-refractivity contribution in [2.45, 2.75) is 38.6 Å². The molecule has 0 heterocycles. The van der Waals surface area contributed by atoms with E-state index in [0.29, 0.717) is 0 Å². The van der Waals surface area contributed by atoms with Crippen LogP contribution in [0.15, 0.2) is 0 Å². The van der Waals surface area contributed by atoms with Crippen molar-refractivity contribution in [3.63, 3.8) is 0 Å². The van der Waals surface area contributed by atoms with Gasteiger partial charge < -0.3 is 10.8 Å². The summed E-state index contributed by atoms with van der Waals surface area (Å²) in [5.74, 6) is -0.718. The molecule has 0 unspecified atom stereocenters. The van der Waals surface area contributed by atoms with Crippen molar-refractivity contribution in [3.8, 4) is 0 Å². The van der Waals surface area contributed by atoms with Crippen LogP contribution in [0, 0.1) is 0 Å². The van der Waals surface area contributed by atoms with Crippen LogP contribution in [0.25, 0.3) is 0 Å². The van der Waals surface area contributed by atoms with Crippen molar-refractivity contribution in [1.29, 1.82) is 0 Å². The fourth-order valence-electron chi connectivity index (χ4n) is 0.743. The van der Waals surface area contributed by atoms with Gasteiger partial charge in [0.25, 0.3) is 0 Å². The predicted octanol–water partition coefficient (Wildman–Crippen LogP) is 1.40. The fraction of sp³-hybridized carbons (Fsp3) is 0.857. The van der Waals surface area contributed by atoms with Crippen molar-refractivity contribution in [2.75, 3.05) is 0 Å². The van der Waals surface area contributed by atoms with Gasteiger partial charge in [-0.2, -0.15) is 0 Å². The minimum absolute atomic E-state index is 0. The topological polar surface area (TPSA) is 63.3 Å². The summed E-state index contributed by atoms with van der Waals surface area (Å²) in [6.07, 6.45) is 2.86. The Morgan fingerprint density at radius 3 is 2.45 bits per heavy atom. The number of rotatable bonds is 5. The van der Waals surface area contributed by atoms with Gasteiger partial charge in [-0.3, -0.25) is 4.79 Å². The number of carboxylic acids is 1. The molecule has 0 aromatic rings. The number of carbonyl (C=O) groups is 1. The standard InChI is InChI=1S/C7H15NO2.ClH/c1-6(8)4-2-3-5-7(9)10;/h6H,2-5,8H2,1H3,(H,9,10);1H/t6-;/m0./s1. The molecule has 68 valence electrons. The highest BCUT2D eigenvalue weighted by molar-refractivity contribution is 5.85. The molecule has 0 aromatic carbocycles. The molecule has 0 fully saturated rings. The molecule has 0 spiro atoms. The SMILES string of the molecule is C[C@H](N)CCCCC(=O)O.Cl. The normalized spacial score (nSPS) is 11.8. The summed E-state index contributed by atoms with van der Waals surface area (Å²) in [5.41, 5.74) is 5.46. The van der Waals surface area contributed by atoms with Gasteiger partial charge in [-0.05, 0) is 19.8 Å². The van der Waals surface area contributed by atoms with Crippen molar-refractivity contribution in [3.05, 3.63) is 0 Å². The Balaban J connectivity index is 0. The Morgan fingerprint density at radius 1 is 1.55 bits per heavy atom. The maximum atomic E-state index is 10.0. The van der Waals surface area contributed by atoms with Crippen molar-refractivity contribution >= 4 is 18.4 Å². The van der Waals surface area contributed by atoms with Gasteiger partial charge >= 0.3 is 5.97 Å². The molecule has 0 aliphatic heterocycles. The first-order chi connectivity index (χ1) is 4.63. The highest BCUT2D eigenvalue weighted by atomic mass is 35.5. The maximum Gasteiger partial charge on any atom is 0.303 e. The van der Waals surface area contributed by atoms with Crippen LogP contribution < -0.4 is 5.73 Å². The lowest BCUT2D eigenvalue weighted by Gasteiger charge is -2.01. The van der Waals surface area contributed by atoms with E-state index in [9.17, 15) is 4.79 Å². The predicted molar refractivity (Wildman–Crippen MR) is 47.0 cm³/mol. The third-order valence-electron chi connectivity index (χ3n) is 1.30. The monoisotopic (exact) mass is 181 g/mol. The van der Waals surface area contributed by atoms with Crippen LogP contribution in [0.5, 0.6) is 0 Å². The van der Waals surface area contributed by atoms with E-state index >= 15 is 0 Å². The maximum absolute atomic E-state index is 10.0. The van der Waals surface area contributed by atoms with Gasteiger partial charge in [0.15, 0.2) is 0 Å². The second-order valence-corrected chi connectivity index (χ2v) is 2.62. The zero-order valence-corrected chi connectivity index (χ0v) is 7.56. The number of aliphatic carboxylic acids is 1. The Morgan fingerprint density at radius 2 is 2.09 bits per heavy atom. The molecule has 4 heteroatoms. The molecular weight excluding hydrogens is 166 g/mol. The number of nitrogens with two attached hydrogens (primary N) is 1. The molecule has 3 nitrogen and oxygen atoms in total. The number of halogens is 1. The van der Waals surface area contributed by atoms with Crippen molar-refractivity contribution in [2.24, 2.45) is 5.73 Å². The quantitative estimate of drug-likeness (QED) is 0.631. The van der Waals surface area contributed by atoms with Gasteiger partial charge in [-0.25, -0.2) is 0 Å². The van der Waals surface area contributed by atoms with Crippen LogP contribution >= 0.6 is 12.4 Å². The molecular formula is C7H16ClNO2. The zero-order valence-electron chi connectivity index (χ0n) is 6.75. The third-order valence-corrected chi connectivity index (χ3v) is 1.30. The molecule has 0 saturated heterocycles. The lowest BCUT2D eigenvalue weighted by molar-refractivity contribution is -0.137. The van der Waals surface area contributed by atoms with E-state index in [2.05, 4.69) is 0 Å². The van der Waals surface area contributed by atoms with Gasteiger partial charge in [0, 0.05) is 12.5 Å². The van der Waals surface area contributed by atoms with Gasteiger partial charge in [-0.15, -0.1) is 12.4 Å². The van der Waals surface area contributed by atoms with Gasteiger partial charge in [-0.1, -0.05) is 6.42 Å². The molecule has 0 aliphatic rings. The summed E-state index contributed by atoms with van der Waals surface area (Å²) in [4.78, 5) is 10.0. The third kappa shape index (κ3) is 12.8. The average molecular weight is 182 g/mol. The van der Waals surface area contributed by atoms with Crippen LogP contribution in [-0.4, -0.2) is 17.1 Å². The second kappa shape index (κ2) is 7.82. The van der Waals surface area contributed by atoms with Crippen LogP contribution in [0.3, 0.4) is 0 Å². The zero-order chi connectivity index (χ0) is 7.98. The van der Waals surface area contributed by atoms with Crippen LogP contribution in [0.2, 0.25) is 0 Å². The Bertz CT molecular complexity index is 107. The lowest BCUT2D eigenvalue weighted by Crippen LogP contribution is -2.14. The van der Waals surface area contributed by atoms with Gasteiger partial charge in [0.1, 0.15) is 0 Å². The second-order valence-electron chi connectivity index (χ2n) is 2.62. The smallest absolute Gasteiger partial charge is 0.303 e. The Hall–Kier alpha value is -0.280. The molecule has 0 saturated carbocycles. The first-order valence-electron chi connectivity index (χ1n) is 3.60. The van der Waals surface area contributed by atoms with E-state index in [1.807, 2.05) is 6.92 Å². The van der Waals surface area contributed by atoms with E-state index in [1.165, 1.54) is 0 Å². The van der Waals surface area contributed by atoms with E-state index in [1.54, 1.807) is 0 Å². The molecule has 0 bridgehead atoms. The Labute approximate surface area is 73.4 Å². The summed E-state index contributed by atoms with van der Waals surface area (Å²) in [5, 5.41) is 8.25. The minimum Gasteiger partial charge on any atom is -0.481 e. The molecule has 0 amide bonds. The fourth-order valence-corrected chi connectivity index (χ4v) is 0.743. The highest BCUT2D eigenvalue weighted by Gasteiger charge is 1.97. The molecule has 0 rings (SSSR count). The number of carboxylic acid groups (broad SMARTS) is 1. The first-order valence-corrected chi connectivity index (χ1v) is 3.60. The van der Waals surface area contributed by atoms with E-state index in [0.717, 1.165) is 19.3 Å². The molecule has 0 aromatic heterocycles. The molecule has 3 N–H and O–H groups in total. The lowest BCUT2D eigenvalue weighted by atomic mass is 10.1. The van der Waals surface area contributed by atoms with Gasteiger partial charge in [0.05, 0.1) is 0 Å². The molecule has 1 atom stereocenters. The largest absolute Gasteiger partial charge is 0.481 e.